The normalized spacial score (nSPS) is 11.5. The molecule has 0 aliphatic heterocycles. The number of carbonyl (C=O) groups is 1. The predicted molar refractivity (Wildman–Crippen MR) is 46.9 cm³/mol. The number of aromatic nitrogens is 1. The van der Waals surface area contributed by atoms with Crippen molar-refractivity contribution in [3.05, 3.63) is 10.4 Å². The topological polar surface area (TPSA) is 84.3 Å². The van der Waals surface area contributed by atoms with Gasteiger partial charge in [0.2, 0.25) is 0 Å². The summed E-state index contributed by atoms with van der Waals surface area (Å²) in [5, 5.41) is 8.36. The van der Waals surface area contributed by atoms with E-state index in [4.69, 9.17) is 5.11 Å². The summed E-state index contributed by atoms with van der Waals surface area (Å²) in [6, 6.07) is 0. The third kappa shape index (κ3) is 1.86. The summed E-state index contributed by atoms with van der Waals surface area (Å²) < 4.78 is 25.7. The second kappa shape index (κ2) is 3.08. The third-order valence-electron chi connectivity index (χ3n) is 1.40. The molecule has 1 heterocycles. The quantitative estimate of drug-likeness (QED) is 0.788. The zero-order valence-electron chi connectivity index (χ0n) is 6.94. The fraction of sp³-hybridized carbons (Fsp3) is 0.333. The number of carboxylic acid groups (broad SMARTS) is 1. The lowest BCUT2D eigenvalue weighted by Crippen LogP contribution is -2.06. The van der Waals surface area contributed by atoms with Gasteiger partial charge in [0.05, 0.1) is 0 Å². The van der Waals surface area contributed by atoms with E-state index in [0.29, 0.717) is 4.88 Å². The van der Waals surface area contributed by atoms with E-state index in [9.17, 15) is 13.2 Å². The number of aromatic carboxylic acids is 1. The molecule has 0 spiro atoms. The Morgan fingerprint density at radius 1 is 1.54 bits per heavy atom. The fourth-order valence-electron chi connectivity index (χ4n) is 0.847. The molecule has 13 heavy (non-hydrogen) atoms. The van der Waals surface area contributed by atoms with Crippen molar-refractivity contribution in [1.82, 2.24) is 4.37 Å². The van der Waals surface area contributed by atoms with E-state index in [2.05, 4.69) is 4.37 Å². The Morgan fingerprint density at radius 2 is 2.08 bits per heavy atom. The molecule has 0 bridgehead atoms. The fourth-order valence-corrected chi connectivity index (χ4v) is 2.76. The first-order chi connectivity index (χ1) is 5.84. The highest BCUT2D eigenvalue weighted by molar-refractivity contribution is 7.90. The lowest BCUT2D eigenvalue weighted by Gasteiger charge is -1.94. The van der Waals surface area contributed by atoms with Crippen LogP contribution in [-0.4, -0.2) is 30.1 Å². The average molecular weight is 221 g/mol. The van der Waals surface area contributed by atoms with Gasteiger partial charge in [-0.1, -0.05) is 0 Å². The SMILES string of the molecule is Cc1snc(S(C)(=O)=O)c1C(=O)O. The first-order valence-electron chi connectivity index (χ1n) is 3.23. The van der Waals surface area contributed by atoms with Crippen LogP contribution in [0.15, 0.2) is 5.03 Å². The van der Waals surface area contributed by atoms with Gasteiger partial charge in [-0.05, 0) is 18.5 Å². The maximum Gasteiger partial charge on any atom is 0.339 e. The Kier molecular flexibility index (Phi) is 2.40. The van der Waals surface area contributed by atoms with Crippen LogP contribution in [0.2, 0.25) is 0 Å². The van der Waals surface area contributed by atoms with E-state index in [1.807, 2.05) is 0 Å². The molecule has 0 aliphatic carbocycles. The van der Waals surface area contributed by atoms with Gasteiger partial charge in [0.1, 0.15) is 5.56 Å². The van der Waals surface area contributed by atoms with Crippen LogP contribution in [0.3, 0.4) is 0 Å². The van der Waals surface area contributed by atoms with Crippen LogP contribution in [0, 0.1) is 6.92 Å². The van der Waals surface area contributed by atoms with Crippen molar-refractivity contribution in [3.8, 4) is 0 Å². The number of hydrogen-bond donors (Lipinski definition) is 1. The van der Waals surface area contributed by atoms with Crippen LogP contribution in [0.4, 0.5) is 0 Å². The smallest absolute Gasteiger partial charge is 0.339 e. The van der Waals surface area contributed by atoms with Crippen LogP contribution < -0.4 is 0 Å². The van der Waals surface area contributed by atoms with Crippen molar-refractivity contribution in [2.75, 3.05) is 6.26 Å². The van der Waals surface area contributed by atoms with Crippen molar-refractivity contribution >= 4 is 27.3 Å². The maximum atomic E-state index is 11.1. The van der Waals surface area contributed by atoms with Crippen molar-refractivity contribution < 1.29 is 18.3 Å². The highest BCUT2D eigenvalue weighted by Gasteiger charge is 2.24. The molecule has 0 radical (unpaired) electrons. The number of hydrogen-bond acceptors (Lipinski definition) is 5. The molecule has 0 amide bonds. The molecular formula is C6H7NO4S2. The summed E-state index contributed by atoms with van der Waals surface area (Å²) in [5.74, 6) is -1.26. The van der Waals surface area contributed by atoms with Crippen molar-refractivity contribution in [1.29, 1.82) is 0 Å². The zero-order valence-corrected chi connectivity index (χ0v) is 8.57. The Bertz CT molecular complexity index is 445. The Labute approximate surface area is 79.1 Å². The monoisotopic (exact) mass is 221 g/mol. The average Bonchev–Trinajstić information content (AvgIpc) is 2.28. The number of rotatable bonds is 2. The molecule has 7 heteroatoms. The van der Waals surface area contributed by atoms with Crippen molar-refractivity contribution in [2.45, 2.75) is 11.9 Å². The molecule has 1 N–H and O–H groups in total. The van der Waals surface area contributed by atoms with E-state index in [1.165, 1.54) is 6.92 Å². The van der Waals surface area contributed by atoms with E-state index in [-0.39, 0.29) is 10.6 Å². The van der Waals surface area contributed by atoms with Gasteiger partial charge < -0.3 is 5.11 Å². The minimum Gasteiger partial charge on any atom is -0.478 e. The second-order valence-electron chi connectivity index (χ2n) is 2.50. The third-order valence-corrected chi connectivity index (χ3v) is 3.26. The van der Waals surface area contributed by atoms with Gasteiger partial charge in [-0.15, -0.1) is 0 Å². The summed E-state index contributed by atoms with van der Waals surface area (Å²) in [4.78, 5) is 11.0. The van der Waals surface area contributed by atoms with Gasteiger partial charge in [-0.25, -0.2) is 13.2 Å². The largest absolute Gasteiger partial charge is 0.478 e. The lowest BCUT2D eigenvalue weighted by molar-refractivity contribution is 0.0692. The molecular weight excluding hydrogens is 214 g/mol. The van der Waals surface area contributed by atoms with Crippen LogP contribution in [-0.2, 0) is 9.84 Å². The molecule has 0 atom stereocenters. The van der Waals surface area contributed by atoms with Gasteiger partial charge in [0, 0.05) is 11.1 Å². The zero-order chi connectivity index (χ0) is 10.2. The highest BCUT2D eigenvalue weighted by atomic mass is 32.2. The van der Waals surface area contributed by atoms with Gasteiger partial charge in [0.15, 0.2) is 14.9 Å². The van der Waals surface area contributed by atoms with Crippen LogP contribution in [0.25, 0.3) is 0 Å². The summed E-state index contributed by atoms with van der Waals surface area (Å²) >= 11 is 0.876. The van der Waals surface area contributed by atoms with E-state index < -0.39 is 15.8 Å². The summed E-state index contributed by atoms with van der Waals surface area (Å²) in [6.45, 7) is 1.52. The number of sulfone groups is 1. The van der Waals surface area contributed by atoms with Gasteiger partial charge in [-0.3, -0.25) is 0 Å². The van der Waals surface area contributed by atoms with E-state index in [1.54, 1.807) is 0 Å². The molecule has 0 aliphatic rings. The maximum absolute atomic E-state index is 11.1. The molecule has 5 nitrogen and oxygen atoms in total. The lowest BCUT2D eigenvalue weighted by atomic mass is 10.3. The molecule has 72 valence electrons. The minimum atomic E-state index is -3.54. The molecule has 0 fully saturated rings. The summed E-state index contributed by atoms with van der Waals surface area (Å²) in [6.07, 6.45) is 0.938. The van der Waals surface area contributed by atoms with Crippen LogP contribution in [0.1, 0.15) is 15.2 Å². The van der Waals surface area contributed by atoms with Gasteiger partial charge >= 0.3 is 5.97 Å². The number of nitrogens with zero attached hydrogens (tertiary/aromatic N) is 1. The molecule has 0 unspecified atom stereocenters. The molecule has 0 aromatic carbocycles. The Hall–Kier alpha value is -0.950. The summed E-state index contributed by atoms with van der Waals surface area (Å²) in [7, 11) is -3.54. The number of aryl methyl sites for hydroxylation is 1. The van der Waals surface area contributed by atoms with Crippen LogP contribution in [0.5, 0.6) is 0 Å². The van der Waals surface area contributed by atoms with Crippen LogP contribution >= 0.6 is 11.5 Å². The molecule has 0 saturated heterocycles. The molecule has 0 saturated carbocycles. The number of carboxylic acids is 1. The van der Waals surface area contributed by atoms with Crippen molar-refractivity contribution in [2.24, 2.45) is 0 Å². The first kappa shape index (κ1) is 10.1. The predicted octanol–water partition coefficient (Wildman–Crippen LogP) is 0.553. The summed E-state index contributed by atoms with van der Waals surface area (Å²) in [5.41, 5.74) is -0.215. The van der Waals surface area contributed by atoms with Crippen molar-refractivity contribution in [3.63, 3.8) is 0 Å². The standard InChI is InChI=1S/C6H7NO4S2/c1-3-4(6(8)9)5(7-12-3)13(2,10)11/h1-2H3,(H,8,9). The van der Waals surface area contributed by atoms with Gasteiger partial charge in [0.25, 0.3) is 0 Å². The first-order valence-corrected chi connectivity index (χ1v) is 5.90. The second-order valence-corrected chi connectivity index (χ2v) is 5.40. The molecule has 1 rings (SSSR count). The van der Waals surface area contributed by atoms with E-state index >= 15 is 0 Å². The minimum absolute atomic E-state index is 0.215. The highest BCUT2D eigenvalue weighted by Crippen LogP contribution is 2.21. The molecule has 1 aromatic rings. The Morgan fingerprint density at radius 3 is 2.38 bits per heavy atom. The van der Waals surface area contributed by atoms with E-state index in [0.717, 1.165) is 17.8 Å². The Balaban J connectivity index is 3.49. The molecule has 1 aromatic heterocycles. The van der Waals surface area contributed by atoms with Gasteiger partial charge in [-0.2, -0.15) is 4.37 Å².